The quantitative estimate of drug-likeness (QED) is 0.921. The molecule has 23 heavy (non-hydrogen) atoms. The zero-order valence-corrected chi connectivity index (χ0v) is 13.2. The Balaban J connectivity index is 1.85. The highest BCUT2D eigenvalue weighted by molar-refractivity contribution is 5.79. The molecular weight excluding hydrogens is 294 g/mol. The Bertz CT molecular complexity index is 697. The highest BCUT2D eigenvalue weighted by atomic mass is 16.5. The normalized spacial score (nSPS) is 16.8. The molecule has 2 aromatic carbocycles. The molecular formula is C18H19NO4. The molecule has 1 aliphatic rings. The summed E-state index contributed by atoms with van der Waals surface area (Å²) in [5.74, 6) is 3.02. The van der Waals surface area contributed by atoms with Crippen LogP contribution in [0.15, 0.2) is 42.5 Å². The molecule has 1 amide bonds. The van der Waals surface area contributed by atoms with Crippen LogP contribution >= 0.6 is 0 Å². The average Bonchev–Trinajstić information content (AvgIpc) is 3.02. The lowest BCUT2D eigenvalue weighted by Gasteiger charge is -2.14. The zero-order chi connectivity index (χ0) is 16.2. The van der Waals surface area contributed by atoms with E-state index in [0.29, 0.717) is 30.2 Å². The largest absolute Gasteiger partial charge is 0.497 e. The summed E-state index contributed by atoms with van der Waals surface area (Å²) >= 11 is 0. The number of methoxy groups -OCH3 is 2. The van der Waals surface area contributed by atoms with E-state index >= 15 is 0 Å². The van der Waals surface area contributed by atoms with Gasteiger partial charge in [-0.1, -0.05) is 6.07 Å². The predicted octanol–water partition coefficient (Wildman–Crippen LogP) is 3.10. The smallest absolute Gasteiger partial charge is 0.220 e. The third kappa shape index (κ3) is 3.39. The molecule has 0 radical (unpaired) electrons. The van der Waals surface area contributed by atoms with Gasteiger partial charge >= 0.3 is 0 Å². The number of carbonyl (C=O) groups excluding carboxylic acids is 1. The van der Waals surface area contributed by atoms with Gasteiger partial charge < -0.3 is 19.5 Å². The van der Waals surface area contributed by atoms with Crippen LogP contribution in [0.3, 0.4) is 0 Å². The van der Waals surface area contributed by atoms with E-state index in [0.717, 1.165) is 11.3 Å². The van der Waals surface area contributed by atoms with Crippen molar-refractivity contribution in [1.82, 2.24) is 5.32 Å². The fourth-order valence-electron chi connectivity index (χ4n) is 2.64. The summed E-state index contributed by atoms with van der Waals surface area (Å²) < 4.78 is 16.5. The topological polar surface area (TPSA) is 56.8 Å². The molecule has 1 heterocycles. The minimum atomic E-state index is 0.0865. The summed E-state index contributed by atoms with van der Waals surface area (Å²) in [5, 5.41) is 2.85. The molecule has 0 bridgehead atoms. The van der Waals surface area contributed by atoms with E-state index in [9.17, 15) is 4.79 Å². The van der Waals surface area contributed by atoms with E-state index in [1.807, 2.05) is 42.5 Å². The molecule has 1 fully saturated rings. The first kappa shape index (κ1) is 15.2. The number of rotatable bonds is 5. The van der Waals surface area contributed by atoms with Crippen molar-refractivity contribution in [2.24, 2.45) is 0 Å². The number of hydrogen-bond acceptors (Lipinski definition) is 4. The van der Waals surface area contributed by atoms with E-state index in [4.69, 9.17) is 14.2 Å². The van der Waals surface area contributed by atoms with Gasteiger partial charge in [0, 0.05) is 18.9 Å². The van der Waals surface area contributed by atoms with Gasteiger partial charge in [0.25, 0.3) is 0 Å². The molecule has 1 unspecified atom stereocenters. The first-order valence-corrected chi connectivity index (χ1v) is 7.46. The second kappa shape index (κ2) is 6.60. The van der Waals surface area contributed by atoms with E-state index in [2.05, 4.69) is 5.32 Å². The predicted molar refractivity (Wildman–Crippen MR) is 86.4 cm³/mol. The summed E-state index contributed by atoms with van der Waals surface area (Å²) in [6, 6.07) is 13.1. The van der Waals surface area contributed by atoms with Crippen LogP contribution in [-0.4, -0.2) is 26.7 Å². The van der Waals surface area contributed by atoms with Crippen LogP contribution in [0.4, 0.5) is 0 Å². The summed E-state index contributed by atoms with van der Waals surface area (Å²) in [5.41, 5.74) is 1.06. The minimum Gasteiger partial charge on any atom is -0.497 e. The van der Waals surface area contributed by atoms with Gasteiger partial charge in [-0.3, -0.25) is 4.79 Å². The fraction of sp³-hybridized carbons (Fsp3) is 0.278. The van der Waals surface area contributed by atoms with E-state index in [1.54, 1.807) is 14.2 Å². The molecule has 1 aliphatic heterocycles. The van der Waals surface area contributed by atoms with Gasteiger partial charge in [0.15, 0.2) is 11.5 Å². The SMILES string of the molecule is COc1ccc(Oc2cc(C3CNC(=O)C3)ccc2OC)cc1. The Hall–Kier alpha value is -2.69. The summed E-state index contributed by atoms with van der Waals surface area (Å²) in [6.07, 6.45) is 0.508. The van der Waals surface area contributed by atoms with Crippen molar-refractivity contribution in [2.45, 2.75) is 12.3 Å². The zero-order valence-electron chi connectivity index (χ0n) is 13.2. The monoisotopic (exact) mass is 313 g/mol. The maximum Gasteiger partial charge on any atom is 0.220 e. The molecule has 0 spiro atoms. The van der Waals surface area contributed by atoms with E-state index in [1.165, 1.54) is 0 Å². The first-order valence-electron chi connectivity index (χ1n) is 7.46. The Morgan fingerprint density at radius 1 is 0.957 bits per heavy atom. The molecule has 2 aromatic rings. The number of carbonyl (C=O) groups is 1. The number of hydrogen-bond donors (Lipinski definition) is 1. The van der Waals surface area contributed by atoms with Crippen LogP contribution in [0.1, 0.15) is 17.9 Å². The van der Waals surface area contributed by atoms with Gasteiger partial charge in [-0.15, -0.1) is 0 Å². The minimum absolute atomic E-state index is 0.0865. The lowest BCUT2D eigenvalue weighted by molar-refractivity contribution is -0.119. The Kier molecular flexibility index (Phi) is 4.37. The average molecular weight is 313 g/mol. The second-order valence-electron chi connectivity index (χ2n) is 5.39. The van der Waals surface area contributed by atoms with Crippen LogP contribution in [0.5, 0.6) is 23.0 Å². The highest BCUT2D eigenvalue weighted by Crippen LogP contribution is 2.36. The van der Waals surface area contributed by atoms with Crippen LogP contribution in [0.25, 0.3) is 0 Å². The van der Waals surface area contributed by atoms with Crippen LogP contribution in [0, 0.1) is 0 Å². The van der Waals surface area contributed by atoms with Gasteiger partial charge in [-0.2, -0.15) is 0 Å². The maximum atomic E-state index is 11.4. The number of ether oxygens (including phenoxy) is 3. The summed E-state index contributed by atoms with van der Waals surface area (Å²) in [6.45, 7) is 0.660. The Morgan fingerprint density at radius 3 is 2.30 bits per heavy atom. The van der Waals surface area contributed by atoms with Crippen molar-refractivity contribution in [3.05, 3.63) is 48.0 Å². The van der Waals surface area contributed by atoms with Crippen molar-refractivity contribution in [2.75, 3.05) is 20.8 Å². The molecule has 5 nitrogen and oxygen atoms in total. The number of amides is 1. The molecule has 5 heteroatoms. The third-order valence-corrected chi connectivity index (χ3v) is 3.92. The van der Waals surface area contributed by atoms with Crippen LogP contribution in [0.2, 0.25) is 0 Å². The first-order chi connectivity index (χ1) is 11.2. The van der Waals surface area contributed by atoms with Gasteiger partial charge in [-0.25, -0.2) is 0 Å². The molecule has 1 N–H and O–H groups in total. The molecule has 3 rings (SSSR count). The summed E-state index contributed by atoms with van der Waals surface area (Å²) in [7, 11) is 3.23. The van der Waals surface area contributed by atoms with Crippen molar-refractivity contribution in [3.8, 4) is 23.0 Å². The van der Waals surface area contributed by atoms with Crippen molar-refractivity contribution < 1.29 is 19.0 Å². The molecule has 0 saturated carbocycles. The molecule has 1 saturated heterocycles. The van der Waals surface area contributed by atoms with E-state index < -0.39 is 0 Å². The van der Waals surface area contributed by atoms with Gasteiger partial charge in [0.1, 0.15) is 11.5 Å². The summed E-state index contributed by atoms with van der Waals surface area (Å²) in [4.78, 5) is 11.4. The molecule has 0 aromatic heterocycles. The lowest BCUT2D eigenvalue weighted by Crippen LogP contribution is -2.13. The highest BCUT2D eigenvalue weighted by Gasteiger charge is 2.24. The molecule has 0 aliphatic carbocycles. The van der Waals surface area contributed by atoms with Crippen LogP contribution in [-0.2, 0) is 4.79 Å². The standard InChI is InChI=1S/C18H19NO4/c1-21-14-4-6-15(7-5-14)23-17-9-12(3-8-16(17)22-2)13-10-18(20)19-11-13/h3-9,13H,10-11H2,1-2H3,(H,19,20). The third-order valence-electron chi connectivity index (χ3n) is 3.92. The fourth-order valence-corrected chi connectivity index (χ4v) is 2.64. The second-order valence-corrected chi connectivity index (χ2v) is 5.39. The number of nitrogens with one attached hydrogen (secondary N) is 1. The maximum absolute atomic E-state index is 11.4. The number of benzene rings is 2. The Labute approximate surface area is 135 Å². The van der Waals surface area contributed by atoms with Gasteiger partial charge in [0.05, 0.1) is 14.2 Å². The Morgan fingerprint density at radius 2 is 1.70 bits per heavy atom. The molecule has 1 atom stereocenters. The van der Waals surface area contributed by atoms with Crippen molar-refractivity contribution in [1.29, 1.82) is 0 Å². The van der Waals surface area contributed by atoms with Crippen molar-refractivity contribution in [3.63, 3.8) is 0 Å². The van der Waals surface area contributed by atoms with E-state index in [-0.39, 0.29) is 11.8 Å². The lowest BCUT2D eigenvalue weighted by atomic mass is 9.98. The van der Waals surface area contributed by atoms with Gasteiger partial charge in [-0.05, 0) is 42.0 Å². The van der Waals surface area contributed by atoms with Crippen LogP contribution < -0.4 is 19.5 Å². The molecule has 120 valence electrons. The van der Waals surface area contributed by atoms with Gasteiger partial charge in [0.2, 0.25) is 5.91 Å². The van der Waals surface area contributed by atoms with Crippen molar-refractivity contribution >= 4 is 5.91 Å².